The second-order valence-corrected chi connectivity index (χ2v) is 6.74. The fourth-order valence-electron chi connectivity index (χ4n) is 2.94. The number of nitrogens with zero attached hydrogens (tertiary/aromatic N) is 1. The fraction of sp³-hybridized carbons (Fsp3) is 0.286. The number of hydrogen-bond acceptors (Lipinski definition) is 3. The Kier molecular flexibility index (Phi) is 5.51. The van der Waals surface area contributed by atoms with Gasteiger partial charge in [-0.05, 0) is 18.4 Å². The van der Waals surface area contributed by atoms with Crippen LogP contribution in [0.15, 0.2) is 60.8 Å². The molecule has 0 bridgehead atoms. The number of aromatic nitrogens is 2. The summed E-state index contributed by atoms with van der Waals surface area (Å²) in [7, 11) is 0. The van der Waals surface area contributed by atoms with Crippen LogP contribution in [-0.2, 0) is 6.54 Å². The molecule has 0 radical (unpaired) electrons. The molecule has 0 fully saturated rings. The van der Waals surface area contributed by atoms with Gasteiger partial charge in [-0.3, -0.25) is 0 Å². The van der Waals surface area contributed by atoms with Crippen molar-refractivity contribution in [3.05, 3.63) is 72.1 Å². The lowest BCUT2D eigenvalue weighted by Crippen LogP contribution is -2.23. The summed E-state index contributed by atoms with van der Waals surface area (Å²) in [5.41, 5.74) is 3.06. The summed E-state index contributed by atoms with van der Waals surface area (Å²) in [6, 6.07) is 17.7. The lowest BCUT2D eigenvalue weighted by atomic mass is 10.0. The minimum Gasteiger partial charge on any atom is -0.508 e. The molecule has 3 aromatic rings. The molecule has 1 atom stereocenters. The van der Waals surface area contributed by atoms with E-state index in [-0.39, 0.29) is 6.04 Å². The number of rotatable bonds is 7. The third kappa shape index (κ3) is 4.48. The van der Waals surface area contributed by atoms with Gasteiger partial charge >= 0.3 is 0 Å². The van der Waals surface area contributed by atoms with Gasteiger partial charge in [-0.1, -0.05) is 62.4 Å². The second-order valence-electron chi connectivity index (χ2n) is 6.74. The summed E-state index contributed by atoms with van der Waals surface area (Å²) >= 11 is 0. The van der Waals surface area contributed by atoms with E-state index in [2.05, 4.69) is 41.3 Å². The first-order valence-electron chi connectivity index (χ1n) is 8.74. The van der Waals surface area contributed by atoms with E-state index >= 15 is 0 Å². The Labute approximate surface area is 149 Å². The van der Waals surface area contributed by atoms with Gasteiger partial charge in [0.15, 0.2) is 0 Å². The standard InChI is InChI=1S/C21H25N3O/c1-15(2)12-18(22-13-17-10-6-7-11-20(17)25)19-14-23-21(24-19)16-8-4-3-5-9-16/h3-11,14-15,18,22,25H,12-13H2,1-2H3,(H,23,24)/t18-/m0/s1. The van der Waals surface area contributed by atoms with Crippen LogP contribution in [0.1, 0.15) is 37.6 Å². The third-order valence-corrected chi connectivity index (χ3v) is 4.26. The number of para-hydroxylation sites is 1. The maximum atomic E-state index is 9.97. The number of imidazole rings is 1. The van der Waals surface area contributed by atoms with Crippen molar-refractivity contribution in [3.8, 4) is 17.1 Å². The highest BCUT2D eigenvalue weighted by atomic mass is 16.3. The van der Waals surface area contributed by atoms with Gasteiger partial charge < -0.3 is 15.4 Å². The molecule has 1 aromatic heterocycles. The van der Waals surface area contributed by atoms with Crippen molar-refractivity contribution in [2.24, 2.45) is 5.92 Å². The minimum atomic E-state index is 0.157. The molecule has 4 nitrogen and oxygen atoms in total. The maximum Gasteiger partial charge on any atom is 0.137 e. The van der Waals surface area contributed by atoms with Gasteiger partial charge in [0.25, 0.3) is 0 Å². The van der Waals surface area contributed by atoms with E-state index in [1.54, 1.807) is 6.07 Å². The van der Waals surface area contributed by atoms with Crippen LogP contribution in [0.25, 0.3) is 11.4 Å². The average molecular weight is 335 g/mol. The van der Waals surface area contributed by atoms with E-state index in [4.69, 9.17) is 0 Å². The molecule has 4 heteroatoms. The van der Waals surface area contributed by atoms with Crippen LogP contribution in [0, 0.1) is 5.92 Å². The number of aromatic hydroxyl groups is 1. The van der Waals surface area contributed by atoms with E-state index in [0.717, 1.165) is 29.1 Å². The van der Waals surface area contributed by atoms with Gasteiger partial charge in [-0.15, -0.1) is 0 Å². The number of phenolic OH excluding ortho intramolecular Hbond substituents is 1. The Morgan fingerprint density at radius 3 is 2.48 bits per heavy atom. The van der Waals surface area contributed by atoms with Crippen molar-refractivity contribution >= 4 is 0 Å². The minimum absolute atomic E-state index is 0.157. The third-order valence-electron chi connectivity index (χ3n) is 4.26. The van der Waals surface area contributed by atoms with E-state index in [1.807, 2.05) is 42.6 Å². The SMILES string of the molecule is CC(C)C[C@H](NCc1ccccc1O)c1cnc(-c2ccccc2)[nH]1. The van der Waals surface area contributed by atoms with Crippen LogP contribution in [0.3, 0.4) is 0 Å². The van der Waals surface area contributed by atoms with Crippen molar-refractivity contribution in [1.82, 2.24) is 15.3 Å². The molecule has 0 saturated carbocycles. The molecule has 25 heavy (non-hydrogen) atoms. The molecule has 1 heterocycles. The van der Waals surface area contributed by atoms with Gasteiger partial charge in [0, 0.05) is 23.7 Å². The lowest BCUT2D eigenvalue weighted by Gasteiger charge is -2.20. The Morgan fingerprint density at radius 1 is 1.04 bits per heavy atom. The van der Waals surface area contributed by atoms with E-state index in [1.165, 1.54) is 0 Å². The quantitative estimate of drug-likeness (QED) is 0.588. The van der Waals surface area contributed by atoms with Crippen LogP contribution in [0.5, 0.6) is 5.75 Å². The van der Waals surface area contributed by atoms with Gasteiger partial charge in [0.2, 0.25) is 0 Å². The highest BCUT2D eigenvalue weighted by Crippen LogP contribution is 2.24. The van der Waals surface area contributed by atoms with Crippen LogP contribution in [0.4, 0.5) is 0 Å². The number of H-pyrrole nitrogens is 1. The van der Waals surface area contributed by atoms with Gasteiger partial charge in [0.05, 0.1) is 11.9 Å². The molecular weight excluding hydrogens is 310 g/mol. The summed E-state index contributed by atoms with van der Waals surface area (Å²) in [5, 5.41) is 13.5. The molecule has 3 N–H and O–H groups in total. The molecule has 3 rings (SSSR count). The van der Waals surface area contributed by atoms with Gasteiger partial charge in [0.1, 0.15) is 11.6 Å². The second kappa shape index (κ2) is 7.99. The molecule has 0 aliphatic rings. The lowest BCUT2D eigenvalue weighted by molar-refractivity contribution is 0.413. The normalized spacial score (nSPS) is 12.4. The van der Waals surface area contributed by atoms with Crippen LogP contribution >= 0.6 is 0 Å². The Hall–Kier alpha value is -2.59. The molecule has 0 aliphatic heterocycles. The highest BCUT2D eigenvalue weighted by Gasteiger charge is 2.16. The van der Waals surface area contributed by atoms with E-state index in [0.29, 0.717) is 18.2 Å². The van der Waals surface area contributed by atoms with Crippen LogP contribution in [-0.4, -0.2) is 15.1 Å². The summed E-state index contributed by atoms with van der Waals surface area (Å²) in [6.07, 6.45) is 2.90. The van der Waals surface area contributed by atoms with Crippen molar-refractivity contribution in [1.29, 1.82) is 0 Å². The topological polar surface area (TPSA) is 60.9 Å². The number of hydrogen-bond donors (Lipinski definition) is 3. The van der Waals surface area contributed by atoms with Crippen molar-refractivity contribution < 1.29 is 5.11 Å². The molecule has 2 aromatic carbocycles. The first-order valence-corrected chi connectivity index (χ1v) is 8.74. The van der Waals surface area contributed by atoms with Crippen LogP contribution < -0.4 is 5.32 Å². The first kappa shape index (κ1) is 17.2. The molecule has 0 spiro atoms. The zero-order valence-electron chi connectivity index (χ0n) is 14.7. The summed E-state index contributed by atoms with van der Waals surface area (Å²) in [4.78, 5) is 7.99. The largest absolute Gasteiger partial charge is 0.508 e. The predicted molar refractivity (Wildman–Crippen MR) is 101 cm³/mol. The van der Waals surface area contributed by atoms with Crippen molar-refractivity contribution in [3.63, 3.8) is 0 Å². The number of nitrogens with one attached hydrogen (secondary N) is 2. The molecular formula is C21H25N3O. The zero-order chi connectivity index (χ0) is 17.6. The fourth-order valence-corrected chi connectivity index (χ4v) is 2.94. The smallest absolute Gasteiger partial charge is 0.137 e. The summed E-state index contributed by atoms with van der Waals surface area (Å²) < 4.78 is 0. The number of phenols is 1. The molecule has 0 amide bonds. The molecule has 0 aliphatic carbocycles. The monoisotopic (exact) mass is 335 g/mol. The summed E-state index contributed by atoms with van der Waals surface area (Å²) in [6.45, 7) is 5.04. The number of aromatic amines is 1. The number of benzene rings is 2. The molecule has 130 valence electrons. The maximum absolute atomic E-state index is 9.97. The van der Waals surface area contributed by atoms with Crippen LogP contribution in [0.2, 0.25) is 0 Å². The van der Waals surface area contributed by atoms with E-state index in [9.17, 15) is 5.11 Å². The first-order chi connectivity index (χ1) is 12.1. The summed E-state index contributed by atoms with van der Waals surface area (Å²) in [5.74, 6) is 1.76. The molecule has 0 saturated heterocycles. The highest BCUT2D eigenvalue weighted by molar-refractivity contribution is 5.54. The predicted octanol–water partition coefficient (Wildman–Crippen LogP) is 4.66. The average Bonchev–Trinajstić information content (AvgIpc) is 3.10. The van der Waals surface area contributed by atoms with Crippen molar-refractivity contribution in [2.45, 2.75) is 32.9 Å². The zero-order valence-corrected chi connectivity index (χ0v) is 14.7. The Bertz CT molecular complexity index is 796. The molecule has 0 unspecified atom stereocenters. The van der Waals surface area contributed by atoms with Gasteiger partial charge in [-0.25, -0.2) is 4.98 Å². The van der Waals surface area contributed by atoms with Crippen molar-refractivity contribution in [2.75, 3.05) is 0 Å². The Balaban J connectivity index is 1.77. The Morgan fingerprint density at radius 2 is 1.76 bits per heavy atom. The van der Waals surface area contributed by atoms with E-state index < -0.39 is 0 Å². The van der Waals surface area contributed by atoms with Gasteiger partial charge in [-0.2, -0.15) is 0 Å².